The van der Waals surface area contributed by atoms with Crippen LogP contribution in [-0.2, 0) is 0 Å². The third-order valence-corrected chi connectivity index (χ3v) is 19.2. The molecule has 0 fully saturated rings. The lowest BCUT2D eigenvalue weighted by Crippen LogP contribution is -2.61. The van der Waals surface area contributed by atoms with Crippen LogP contribution in [0.1, 0.15) is 0 Å². The van der Waals surface area contributed by atoms with E-state index >= 15 is 0 Å². The molecule has 0 aliphatic carbocycles. The number of fused-ring (bicyclic) bond motifs is 13. The smallest absolute Gasteiger partial charge is 0.252 e. The van der Waals surface area contributed by atoms with Crippen LogP contribution in [0.2, 0.25) is 0 Å². The molecule has 412 valence electrons. The number of nitrogens with zero attached hydrogens (tertiary/aromatic N) is 4. The van der Waals surface area contributed by atoms with E-state index in [1.807, 2.05) is 0 Å². The topological polar surface area (TPSA) is 16.3 Å². The third kappa shape index (κ3) is 7.30. The predicted molar refractivity (Wildman–Crippen MR) is 378 cm³/mol. The zero-order valence-electron chi connectivity index (χ0n) is 48.5. The van der Waals surface area contributed by atoms with Gasteiger partial charge in [0.1, 0.15) is 0 Å². The van der Waals surface area contributed by atoms with Gasteiger partial charge in [-0.05, 0) is 149 Å². The highest BCUT2D eigenvalue weighted by atomic mass is 15.2. The summed E-state index contributed by atoms with van der Waals surface area (Å²) in [6.07, 6.45) is 0. The standard InChI is InChI=1S/C84H53BN4/c1-3-24-55(25-4-1)61-31-13-18-41-73(61)89-78-50-56(82-67-36-9-11-38-69(67)83(70-39-12-10-37-68(70)82)66-40-23-27-54-26-7-8-30-60(54)66)46-48-71(78)85-72-49-47-58(87-74-42-19-14-32-62(74)63-33-15-20-43-75(63)87)51-79(72)86(57-28-5-2-6-29-57)80-52-59(53-81(89)84(80)85)88-76-44-21-16-34-64(76)65-35-17-22-45-77(65)88/h1-53H. The molecule has 19 rings (SSSR count). The van der Waals surface area contributed by atoms with Crippen LogP contribution in [-0.4, -0.2) is 15.8 Å². The summed E-state index contributed by atoms with van der Waals surface area (Å²) in [6.45, 7) is -0.166. The Balaban J connectivity index is 0.948. The van der Waals surface area contributed by atoms with E-state index in [-0.39, 0.29) is 6.71 Å². The van der Waals surface area contributed by atoms with E-state index in [0.29, 0.717) is 0 Å². The van der Waals surface area contributed by atoms with Gasteiger partial charge < -0.3 is 18.9 Å². The van der Waals surface area contributed by atoms with Crippen LogP contribution in [0.3, 0.4) is 0 Å². The van der Waals surface area contributed by atoms with Gasteiger partial charge in [0.15, 0.2) is 0 Å². The fraction of sp³-hybridized carbons (Fsp3) is 0. The van der Waals surface area contributed by atoms with Crippen LogP contribution in [0, 0.1) is 0 Å². The molecular formula is C84H53BN4. The maximum Gasteiger partial charge on any atom is 0.252 e. The largest absolute Gasteiger partial charge is 0.311 e. The summed E-state index contributed by atoms with van der Waals surface area (Å²) in [7, 11) is 0. The number of benzene rings is 15. The Morgan fingerprint density at radius 2 is 0.652 bits per heavy atom. The Labute approximate surface area is 515 Å². The lowest BCUT2D eigenvalue weighted by Gasteiger charge is -2.45. The molecule has 0 saturated heterocycles. The Morgan fingerprint density at radius 1 is 0.225 bits per heavy atom. The van der Waals surface area contributed by atoms with Crippen molar-refractivity contribution in [2.45, 2.75) is 0 Å². The van der Waals surface area contributed by atoms with E-state index in [2.05, 4.69) is 340 Å². The molecule has 0 atom stereocenters. The van der Waals surface area contributed by atoms with Gasteiger partial charge in [-0.1, -0.05) is 249 Å². The van der Waals surface area contributed by atoms with E-state index in [1.54, 1.807) is 0 Å². The summed E-state index contributed by atoms with van der Waals surface area (Å²) in [4.78, 5) is 5.19. The summed E-state index contributed by atoms with van der Waals surface area (Å²) in [5, 5.41) is 12.3. The van der Waals surface area contributed by atoms with Crippen LogP contribution in [0.5, 0.6) is 0 Å². The molecule has 0 N–H and O–H groups in total. The van der Waals surface area contributed by atoms with E-state index in [4.69, 9.17) is 0 Å². The first-order valence-corrected chi connectivity index (χ1v) is 30.9. The lowest BCUT2D eigenvalue weighted by molar-refractivity contribution is 1.15. The van der Waals surface area contributed by atoms with Gasteiger partial charge in [0.05, 0.1) is 33.4 Å². The van der Waals surface area contributed by atoms with Crippen LogP contribution < -0.4 is 26.2 Å². The number of hydrogen-bond acceptors (Lipinski definition) is 2. The summed E-state index contributed by atoms with van der Waals surface area (Å²) >= 11 is 0. The van der Waals surface area contributed by atoms with Gasteiger partial charge in [-0.25, -0.2) is 0 Å². The molecule has 0 radical (unpaired) electrons. The fourth-order valence-electron chi connectivity index (χ4n) is 15.6. The molecule has 2 aromatic heterocycles. The Bertz CT molecular complexity index is 5610. The summed E-state index contributed by atoms with van der Waals surface area (Å²) in [5.41, 5.74) is 24.6. The minimum atomic E-state index is -0.166. The number of aromatic nitrogens is 2. The molecule has 0 bridgehead atoms. The summed E-state index contributed by atoms with van der Waals surface area (Å²) in [5.74, 6) is 0. The van der Waals surface area contributed by atoms with Crippen LogP contribution in [0.15, 0.2) is 322 Å². The summed E-state index contributed by atoms with van der Waals surface area (Å²) in [6, 6.07) is 120. The van der Waals surface area contributed by atoms with Crippen molar-refractivity contribution in [2.24, 2.45) is 0 Å². The van der Waals surface area contributed by atoms with Crippen LogP contribution in [0.4, 0.5) is 34.1 Å². The molecule has 89 heavy (non-hydrogen) atoms. The predicted octanol–water partition coefficient (Wildman–Crippen LogP) is 20.4. The molecule has 5 heteroatoms. The maximum atomic E-state index is 2.63. The summed E-state index contributed by atoms with van der Waals surface area (Å²) < 4.78 is 4.97. The first-order chi connectivity index (χ1) is 44.2. The number of anilines is 6. The minimum absolute atomic E-state index is 0.166. The molecule has 4 heterocycles. The quantitative estimate of drug-likeness (QED) is 0.117. The van der Waals surface area contributed by atoms with Crippen molar-refractivity contribution < 1.29 is 0 Å². The van der Waals surface area contributed by atoms with Gasteiger partial charge in [0.25, 0.3) is 6.71 Å². The van der Waals surface area contributed by atoms with Crippen molar-refractivity contribution in [3.05, 3.63) is 322 Å². The van der Waals surface area contributed by atoms with Crippen molar-refractivity contribution in [3.8, 4) is 44.8 Å². The van der Waals surface area contributed by atoms with Gasteiger partial charge in [-0.3, -0.25) is 0 Å². The molecule has 2 aliphatic heterocycles. The second-order valence-electron chi connectivity index (χ2n) is 23.8. The van der Waals surface area contributed by atoms with Gasteiger partial charge in [-0.2, -0.15) is 0 Å². The molecule has 0 saturated carbocycles. The van der Waals surface area contributed by atoms with Crippen molar-refractivity contribution in [1.82, 2.24) is 9.13 Å². The molecular weight excluding hydrogens is 1080 g/mol. The SMILES string of the molecule is c1ccc(-c2ccccc2N2c3cc(-c4c5ccccc5c(-c5cccc6ccccc56)c5ccccc45)ccc3B3c4ccc(-n5c6ccccc6c6ccccc65)cc4N(c4ccccc4)c4cc(-n5c6ccccc6c6ccccc65)cc2c43)cc1. The maximum absolute atomic E-state index is 2.63. The first-order valence-electron chi connectivity index (χ1n) is 30.9. The molecule has 0 unspecified atom stereocenters. The van der Waals surface area contributed by atoms with Crippen molar-refractivity contribution in [2.75, 3.05) is 9.80 Å². The average molecular weight is 1130 g/mol. The zero-order chi connectivity index (χ0) is 58.3. The highest BCUT2D eigenvalue weighted by molar-refractivity contribution is 7.00. The van der Waals surface area contributed by atoms with Crippen molar-refractivity contribution in [3.63, 3.8) is 0 Å². The van der Waals surface area contributed by atoms with Crippen LogP contribution in [0.25, 0.3) is 121 Å². The molecule has 0 spiro atoms. The lowest BCUT2D eigenvalue weighted by atomic mass is 9.33. The normalized spacial score (nSPS) is 12.7. The second-order valence-corrected chi connectivity index (χ2v) is 23.8. The van der Waals surface area contributed by atoms with Crippen molar-refractivity contribution >= 4 is 133 Å². The fourth-order valence-corrected chi connectivity index (χ4v) is 15.6. The number of rotatable bonds is 7. The minimum Gasteiger partial charge on any atom is -0.311 e. The van der Waals surface area contributed by atoms with E-state index in [0.717, 1.165) is 73.2 Å². The van der Waals surface area contributed by atoms with Crippen molar-refractivity contribution in [1.29, 1.82) is 0 Å². The van der Waals surface area contributed by atoms with Gasteiger partial charge in [0, 0.05) is 61.2 Å². The number of para-hydroxylation sites is 6. The highest BCUT2D eigenvalue weighted by Gasteiger charge is 2.45. The number of hydrogen-bond donors (Lipinski definition) is 0. The molecule has 0 amide bonds. The molecule has 4 nitrogen and oxygen atoms in total. The van der Waals surface area contributed by atoms with Crippen LogP contribution >= 0.6 is 0 Å². The van der Waals surface area contributed by atoms with E-state index < -0.39 is 0 Å². The monoisotopic (exact) mass is 1130 g/mol. The van der Waals surface area contributed by atoms with E-state index in [1.165, 1.54) is 98.0 Å². The first kappa shape index (κ1) is 49.6. The van der Waals surface area contributed by atoms with Gasteiger partial charge in [-0.15, -0.1) is 0 Å². The Kier molecular flexibility index (Phi) is 10.8. The zero-order valence-corrected chi connectivity index (χ0v) is 48.5. The Morgan fingerprint density at radius 3 is 1.26 bits per heavy atom. The molecule has 2 aliphatic rings. The average Bonchev–Trinajstić information content (AvgIpc) is 1.11. The van der Waals surface area contributed by atoms with Gasteiger partial charge >= 0.3 is 0 Å². The second kappa shape index (κ2) is 19.4. The van der Waals surface area contributed by atoms with Gasteiger partial charge in [0.2, 0.25) is 0 Å². The molecule has 15 aromatic carbocycles. The molecule has 17 aromatic rings. The Hall–Kier alpha value is -11.7. The third-order valence-electron chi connectivity index (χ3n) is 19.2. The highest BCUT2D eigenvalue weighted by Crippen LogP contribution is 2.51. The van der Waals surface area contributed by atoms with E-state index in [9.17, 15) is 0 Å².